The number of aromatic nitrogens is 2. The fourth-order valence-corrected chi connectivity index (χ4v) is 3.65. The van der Waals surface area contributed by atoms with Crippen LogP contribution in [0.4, 0.5) is 13.2 Å². The molecule has 0 spiro atoms. The van der Waals surface area contributed by atoms with Crippen molar-refractivity contribution < 1.29 is 21.6 Å². The second kappa shape index (κ2) is 5.09. The number of rotatable bonds is 2. The first-order valence-corrected chi connectivity index (χ1v) is 8.01. The predicted octanol–water partition coefficient (Wildman–Crippen LogP) is 3.60. The van der Waals surface area contributed by atoms with E-state index in [1.165, 1.54) is 18.2 Å². The lowest BCUT2D eigenvalue weighted by atomic mass is 10.2. The quantitative estimate of drug-likeness (QED) is 0.716. The number of halogens is 3. The molecule has 0 atom stereocenters. The second-order valence-corrected chi connectivity index (χ2v) is 6.83. The van der Waals surface area contributed by atoms with E-state index in [0.29, 0.717) is 0 Å². The molecule has 0 N–H and O–H groups in total. The molecule has 1 aromatic carbocycles. The van der Waals surface area contributed by atoms with E-state index in [4.69, 9.17) is 0 Å². The van der Waals surface area contributed by atoms with Crippen LogP contribution < -0.4 is 0 Å². The maximum atomic E-state index is 13.0. The molecule has 3 aromatic rings. The Morgan fingerprint density at radius 3 is 2.30 bits per heavy atom. The van der Waals surface area contributed by atoms with Gasteiger partial charge in [0, 0.05) is 17.8 Å². The Kier molecular flexibility index (Phi) is 3.44. The Morgan fingerprint density at radius 2 is 1.70 bits per heavy atom. The zero-order valence-electron chi connectivity index (χ0n) is 11.9. The van der Waals surface area contributed by atoms with E-state index < -0.39 is 21.9 Å². The molecule has 23 heavy (non-hydrogen) atoms. The summed E-state index contributed by atoms with van der Waals surface area (Å²) in [6, 6.07) is 8.44. The molecular weight excluding hydrogens is 329 g/mol. The molecular formula is C15H11F3N2O2S. The van der Waals surface area contributed by atoms with Crippen molar-refractivity contribution in [2.45, 2.75) is 18.0 Å². The van der Waals surface area contributed by atoms with Crippen LogP contribution in [0, 0.1) is 6.92 Å². The molecule has 0 radical (unpaired) electrons. The summed E-state index contributed by atoms with van der Waals surface area (Å²) in [5.74, 6) is 0. The Morgan fingerprint density at radius 1 is 1.04 bits per heavy atom. The molecule has 0 aliphatic heterocycles. The fourth-order valence-electron chi connectivity index (χ4n) is 2.30. The molecule has 0 saturated heterocycles. The van der Waals surface area contributed by atoms with E-state index >= 15 is 0 Å². The third-order valence-electron chi connectivity index (χ3n) is 3.43. The van der Waals surface area contributed by atoms with Crippen molar-refractivity contribution >= 4 is 20.9 Å². The molecule has 0 aliphatic carbocycles. The zero-order chi connectivity index (χ0) is 16.8. The lowest BCUT2D eigenvalue weighted by Crippen LogP contribution is -2.13. The van der Waals surface area contributed by atoms with Gasteiger partial charge in [-0.05, 0) is 31.2 Å². The van der Waals surface area contributed by atoms with Crippen LogP contribution in [0.3, 0.4) is 0 Å². The van der Waals surface area contributed by atoms with Crippen LogP contribution >= 0.6 is 0 Å². The first kappa shape index (κ1) is 15.5. The zero-order valence-corrected chi connectivity index (χ0v) is 12.7. The highest BCUT2D eigenvalue weighted by Crippen LogP contribution is 2.34. The highest BCUT2D eigenvalue weighted by Gasteiger charge is 2.35. The molecule has 0 bridgehead atoms. The van der Waals surface area contributed by atoms with E-state index in [0.717, 1.165) is 28.0 Å². The summed E-state index contributed by atoms with van der Waals surface area (Å²) < 4.78 is 65.0. The van der Waals surface area contributed by atoms with Crippen LogP contribution in [0.5, 0.6) is 0 Å². The maximum Gasteiger partial charge on any atom is 0.434 e. The Hall–Kier alpha value is -2.35. The third kappa shape index (κ3) is 2.59. The minimum Gasteiger partial charge on any atom is -0.251 e. The molecule has 3 rings (SSSR count). The fraction of sp³-hybridized carbons (Fsp3) is 0.133. The van der Waals surface area contributed by atoms with Gasteiger partial charge in [-0.15, -0.1) is 0 Å². The minimum atomic E-state index is -4.65. The molecule has 0 saturated carbocycles. The van der Waals surface area contributed by atoms with Crippen LogP contribution in [0.15, 0.2) is 53.7 Å². The van der Waals surface area contributed by atoms with E-state index in [9.17, 15) is 21.6 Å². The van der Waals surface area contributed by atoms with Gasteiger partial charge >= 0.3 is 6.18 Å². The second-order valence-electron chi connectivity index (χ2n) is 5.02. The topological polar surface area (TPSA) is 52.0 Å². The number of fused-ring (bicyclic) bond motifs is 1. The Bertz CT molecular complexity index is 974. The lowest BCUT2D eigenvalue weighted by Gasteiger charge is -2.10. The van der Waals surface area contributed by atoms with Crippen LogP contribution in [0.2, 0.25) is 0 Å². The van der Waals surface area contributed by atoms with Crippen LogP contribution in [-0.2, 0) is 16.2 Å². The van der Waals surface area contributed by atoms with E-state index in [1.54, 1.807) is 12.1 Å². The number of hydrogen-bond acceptors (Lipinski definition) is 3. The number of nitrogens with zero attached hydrogens (tertiary/aromatic N) is 2. The first-order valence-electron chi connectivity index (χ1n) is 6.57. The van der Waals surface area contributed by atoms with Crippen LogP contribution in [-0.4, -0.2) is 17.4 Å². The standard InChI is InChI=1S/C15H11F3N2O2S/c1-10-2-4-11(5-3-10)23(21,22)20-9-7-12-13(20)6-8-19-14(12)15(16,17)18/h2-9H,1H3. The molecule has 120 valence electrons. The normalized spacial score (nSPS) is 12.7. The van der Waals surface area contributed by atoms with Gasteiger partial charge in [0.05, 0.1) is 10.4 Å². The van der Waals surface area contributed by atoms with Crippen molar-refractivity contribution in [1.82, 2.24) is 8.96 Å². The van der Waals surface area contributed by atoms with Gasteiger partial charge in [0.1, 0.15) is 0 Å². The highest BCUT2D eigenvalue weighted by molar-refractivity contribution is 7.90. The van der Waals surface area contributed by atoms with Gasteiger partial charge in [0.2, 0.25) is 0 Å². The van der Waals surface area contributed by atoms with E-state index in [2.05, 4.69) is 4.98 Å². The van der Waals surface area contributed by atoms with Crippen molar-refractivity contribution in [2.24, 2.45) is 0 Å². The highest BCUT2D eigenvalue weighted by atomic mass is 32.2. The summed E-state index contributed by atoms with van der Waals surface area (Å²) in [5.41, 5.74) is -0.286. The van der Waals surface area contributed by atoms with Crippen molar-refractivity contribution in [1.29, 1.82) is 0 Å². The maximum absolute atomic E-state index is 13.0. The summed E-state index contributed by atoms with van der Waals surface area (Å²) in [6.45, 7) is 1.81. The summed E-state index contributed by atoms with van der Waals surface area (Å²) in [7, 11) is -3.98. The molecule has 4 nitrogen and oxygen atoms in total. The molecule has 0 unspecified atom stereocenters. The Labute approximate surface area is 130 Å². The third-order valence-corrected chi connectivity index (χ3v) is 5.13. The van der Waals surface area contributed by atoms with Gasteiger partial charge in [-0.2, -0.15) is 13.2 Å². The van der Waals surface area contributed by atoms with Crippen molar-refractivity contribution in [3.05, 3.63) is 60.0 Å². The minimum absolute atomic E-state index is 0.00553. The van der Waals surface area contributed by atoms with E-state index in [1.807, 2.05) is 6.92 Å². The van der Waals surface area contributed by atoms with Crippen molar-refractivity contribution in [3.8, 4) is 0 Å². The van der Waals surface area contributed by atoms with Crippen molar-refractivity contribution in [2.75, 3.05) is 0 Å². The van der Waals surface area contributed by atoms with E-state index in [-0.39, 0.29) is 15.8 Å². The smallest absolute Gasteiger partial charge is 0.251 e. The van der Waals surface area contributed by atoms with Gasteiger partial charge in [-0.25, -0.2) is 12.4 Å². The molecule has 8 heteroatoms. The number of benzene rings is 1. The van der Waals surface area contributed by atoms with Gasteiger partial charge in [0.25, 0.3) is 10.0 Å². The summed E-state index contributed by atoms with van der Waals surface area (Å²) in [4.78, 5) is 3.33. The van der Waals surface area contributed by atoms with Crippen molar-refractivity contribution in [3.63, 3.8) is 0 Å². The number of alkyl halides is 3. The number of hydrogen-bond donors (Lipinski definition) is 0. The lowest BCUT2D eigenvalue weighted by molar-refractivity contribution is -0.139. The predicted molar refractivity (Wildman–Crippen MR) is 78.5 cm³/mol. The number of pyridine rings is 1. The van der Waals surface area contributed by atoms with Gasteiger partial charge in [0.15, 0.2) is 5.69 Å². The van der Waals surface area contributed by atoms with Gasteiger partial charge in [-0.3, -0.25) is 4.98 Å². The largest absolute Gasteiger partial charge is 0.434 e. The van der Waals surface area contributed by atoms with Crippen LogP contribution in [0.1, 0.15) is 11.3 Å². The average Bonchev–Trinajstić information content (AvgIpc) is 2.91. The van der Waals surface area contributed by atoms with Crippen LogP contribution in [0.25, 0.3) is 10.9 Å². The Balaban J connectivity index is 2.23. The summed E-state index contributed by atoms with van der Waals surface area (Å²) in [6.07, 6.45) is -2.59. The summed E-state index contributed by atoms with van der Waals surface area (Å²) in [5, 5.41) is -0.254. The molecule has 2 aromatic heterocycles. The molecule has 0 fully saturated rings. The monoisotopic (exact) mass is 340 g/mol. The SMILES string of the molecule is Cc1ccc(S(=O)(=O)n2ccc3c(C(F)(F)F)nccc32)cc1. The first-order chi connectivity index (χ1) is 10.7. The molecule has 0 aliphatic rings. The average molecular weight is 340 g/mol. The molecule has 2 heterocycles. The van der Waals surface area contributed by atoms with Gasteiger partial charge < -0.3 is 0 Å². The van der Waals surface area contributed by atoms with Gasteiger partial charge in [-0.1, -0.05) is 17.7 Å². The summed E-state index contributed by atoms with van der Waals surface area (Å²) >= 11 is 0. The molecule has 0 amide bonds. The number of aryl methyl sites for hydroxylation is 1.